The third-order valence-corrected chi connectivity index (χ3v) is 5.35. The molecule has 2 aromatic heterocycles. The lowest BCUT2D eigenvalue weighted by Crippen LogP contribution is -2.45. The molecule has 0 bridgehead atoms. The van der Waals surface area contributed by atoms with Crippen molar-refractivity contribution in [3.8, 4) is 0 Å². The average molecular weight is 341 g/mol. The molecule has 0 unspecified atom stereocenters. The van der Waals surface area contributed by atoms with Crippen LogP contribution in [0.1, 0.15) is 29.0 Å². The van der Waals surface area contributed by atoms with E-state index in [1.807, 2.05) is 4.90 Å². The molecular formula is C17H19N5O3. The van der Waals surface area contributed by atoms with E-state index in [-0.39, 0.29) is 11.3 Å². The molecule has 2 aliphatic rings. The molecule has 8 nitrogen and oxygen atoms in total. The van der Waals surface area contributed by atoms with E-state index in [1.54, 1.807) is 24.5 Å². The molecule has 2 aromatic rings. The van der Waals surface area contributed by atoms with Gasteiger partial charge in [-0.25, -0.2) is 4.68 Å². The van der Waals surface area contributed by atoms with E-state index in [0.717, 1.165) is 17.5 Å². The quantitative estimate of drug-likeness (QED) is 0.671. The zero-order valence-corrected chi connectivity index (χ0v) is 14.0. The van der Waals surface area contributed by atoms with Crippen LogP contribution in [0, 0.1) is 5.41 Å². The first-order chi connectivity index (χ1) is 12.0. The van der Waals surface area contributed by atoms with Gasteiger partial charge in [0.15, 0.2) is 0 Å². The number of rotatable bonds is 1. The molecule has 25 heavy (non-hydrogen) atoms. The standard InChI is InChI=1S/C17H19N5O3/c1-20-15(24)16(25)22-11-17(9-13(22)19-20)4-7-21(8-5-17)14(23)12-3-2-6-18-10-12/h2-3,6,10H,4-5,7-9,11H2,1H3. The molecule has 1 saturated heterocycles. The van der Waals surface area contributed by atoms with Gasteiger partial charge in [0.2, 0.25) is 0 Å². The topological polar surface area (TPSA) is 90.1 Å². The Morgan fingerprint density at radius 2 is 1.96 bits per heavy atom. The summed E-state index contributed by atoms with van der Waals surface area (Å²) in [7, 11) is 1.50. The van der Waals surface area contributed by atoms with Crippen LogP contribution in [0.2, 0.25) is 0 Å². The molecule has 130 valence electrons. The first-order valence-corrected chi connectivity index (χ1v) is 8.35. The lowest BCUT2D eigenvalue weighted by Gasteiger charge is -2.38. The van der Waals surface area contributed by atoms with Gasteiger partial charge in [-0.15, -0.1) is 0 Å². The molecule has 0 saturated carbocycles. The highest BCUT2D eigenvalue weighted by atomic mass is 16.2. The highest BCUT2D eigenvalue weighted by Gasteiger charge is 2.42. The normalized spacial score (nSPS) is 18.4. The first-order valence-electron chi connectivity index (χ1n) is 8.35. The van der Waals surface area contributed by atoms with Crippen LogP contribution < -0.4 is 11.1 Å². The molecule has 1 amide bonds. The predicted molar refractivity (Wildman–Crippen MR) is 89.2 cm³/mol. The summed E-state index contributed by atoms with van der Waals surface area (Å²) in [6.07, 6.45) is 5.48. The largest absolute Gasteiger partial charge is 0.339 e. The van der Waals surface area contributed by atoms with Crippen molar-refractivity contribution in [1.29, 1.82) is 0 Å². The summed E-state index contributed by atoms with van der Waals surface area (Å²) < 4.78 is 2.63. The van der Waals surface area contributed by atoms with Gasteiger partial charge in [-0.05, 0) is 30.4 Å². The number of carbonyl (C=O) groups is 1. The smallest absolute Gasteiger partial charge is 0.332 e. The number of likely N-dealkylation sites (tertiary alicyclic amines) is 1. The highest BCUT2D eigenvalue weighted by molar-refractivity contribution is 5.93. The predicted octanol–water partition coefficient (Wildman–Crippen LogP) is -0.184. The van der Waals surface area contributed by atoms with Crippen LogP contribution in [-0.4, -0.2) is 43.2 Å². The molecule has 0 aromatic carbocycles. The third-order valence-electron chi connectivity index (χ3n) is 5.35. The monoisotopic (exact) mass is 341 g/mol. The van der Waals surface area contributed by atoms with Crippen LogP contribution in [-0.2, 0) is 20.0 Å². The van der Waals surface area contributed by atoms with Crippen LogP contribution in [0.25, 0.3) is 0 Å². The van der Waals surface area contributed by atoms with Crippen LogP contribution in [0.15, 0.2) is 34.1 Å². The maximum Gasteiger partial charge on any atom is 0.332 e. The zero-order chi connectivity index (χ0) is 17.6. The lowest BCUT2D eigenvalue weighted by molar-refractivity contribution is 0.0575. The van der Waals surface area contributed by atoms with Gasteiger partial charge >= 0.3 is 11.1 Å². The molecule has 0 aliphatic carbocycles. The number of piperidine rings is 1. The van der Waals surface area contributed by atoms with Crippen molar-refractivity contribution in [1.82, 2.24) is 24.2 Å². The van der Waals surface area contributed by atoms with Crippen LogP contribution >= 0.6 is 0 Å². The number of aryl methyl sites for hydroxylation is 1. The molecule has 8 heteroatoms. The Kier molecular flexibility index (Phi) is 3.55. The molecule has 1 spiro atoms. The van der Waals surface area contributed by atoms with Gasteiger partial charge in [0.1, 0.15) is 5.82 Å². The van der Waals surface area contributed by atoms with E-state index in [0.29, 0.717) is 37.4 Å². The second-order valence-electron chi connectivity index (χ2n) is 6.95. The Morgan fingerprint density at radius 3 is 2.64 bits per heavy atom. The summed E-state index contributed by atoms with van der Waals surface area (Å²) in [5.41, 5.74) is -0.594. The zero-order valence-electron chi connectivity index (χ0n) is 14.0. The van der Waals surface area contributed by atoms with Crippen molar-refractivity contribution in [2.45, 2.75) is 25.8 Å². The lowest BCUT2D eigenvalue weighted by atomic mass is 9.77. The van der Waals surface area contributed by atoms with E-state index < -0.39 is 11.1 Å². The molecule has 2 aliphatic heterocycles. The molecule has 1 fully saturated rings. The first kappa shape index (κ1) is 15.7. The van der Waals surface area contributed by atoms with Gasteiger partial charge < -0.3 is 4.90 Å². The number of amides is 1. The van der Waals surface area contributed by atoms with E-state index in [4.69, 9.17) is 0 Å². The molecule has 0 radical (unpaired) electrons. The summed E-state index contributed by atoms with van der Waals surface area (Å²) in [5.74, 6) is 0.654. The Morgan fingerprint density at radius 1 is 1.20 bits per heavy atom. The number of pyridine rings is 1. The molecular weight excluding hydrogens is 322 g/mol. The Hall–Kier alpha value is -2.77. The second kappa shape index (κ2) is 5.65. The minimum absolute atomic E-state index is 0.0120. The van der Waals surface area contributed by atoms with Crippen molar-refractivity contribution in [2.24, 2.45) is 12.5 Å². The van der Waals surface area contributed by atoms with Gasteiger partial charge in [0.05, 0.1) is 5.56 Å². The Bertz CT molecular complexity index is 939. The fourth-order valence-electron chi connectivity index (χ4n) is 3.86. The van der Waals surface area contributed by atoms with Gasteiger partial charge in [-0.1, -0.05) is 0 Å². The SMILES string of the molecule is Cn1nc2n(c(=O)c1=O)CC1(CCN(C(=O)c3cccnc3)CC1)C2. The maximum absolute atomic E-state index is 12.5. The fourth-order valence-corrected chi connectivity index (χ4v) is 3.86. The second-order valence-corrected chi connectivity index (χ2v) is 6.95. The molecule has 4 rings (SSSR count). The number of hydrogen-bond donors (Lipinski definition) is 0. The summed E-state index contributed by atoms with van der Waals surface area (Å²) in [4.78, 5) is 42.4. The van der Waals surface area contributed by atoms with Gasteiger partial charge in [-0.3, -0.25) is 23.9 Å². The van der Waals surface area contributed by atoms with Crippen molar-refractivity contribution < 1.29 is 4.79 Å². The Labute approximate surface area is 143 Å². The minimum atomic E-state index is -0.593. The van der Waals surface area contributed by atoms with Crippen molar-refractivity contribution >= 4 is 5.91 Å². The number of nitrogens with zero attached hydrogens (tertiary/aromatic N) is 5. The Balaban J connectivity index is 1.51. The summed E-state index contributed by atoms with van der Waals surface area (Å²) in [6.45, 7) is 1.78. The van der Waals surface area contributed by atoms with E-state index in [2.05, 4.69) is 10.1 Å². The maximum atomic E-state index is 12.5. The van der Waals surface area contributed by atoms with Crippen LogP contribution in [0.4, 0.5) is 0 Å². The van der Waals surface area contributed by atoms with Gasteiger partial charge in [-0.2, -0.15) is 5.10 Å². The summed E-state index contributed by atoms with van der Waals surface area (Å²) in [5, 5.41) is 4.24. The van der Waals surface area contributed by atoms with Gasteiger partial charge in [0.25, 0.3) is 5.91 Å². The summed E-state index contributed by atoms with van der Waals surface area (Å²) in [6, 6.07) is 3.52. The average Bonchev–Trinajstić information content (AvgIpc) is 2.98. The summed E-state index contributed by atoms with van der Waals surface area (Å²) >= 11 is 0. The van der Waals surface area contributed by atoms with Crippen molar-refractivity contribution in [3.63, 3.8) is 0 Å². The highest BCUT2D eigenvalue weighted by Crippen LogP contribution is 2.40. The minimum Gasteiger partial charge on any atom is -0.339 e. The van der Waals surface area contributed by atoms with Crippen molar-refractivity contribution in [3.05, 3.63) is 56.6 Å². The van der Waals surface area contributed by atoms with E-state index in [1.165, 1.54) is 11.6 Å². The fraction of sp³-hybridized carbons (Fsp3) is 0.471. The number of carbonyl (C=O) groups excluding carboxylic acids is 1. The van der Waals surface area contributed by atoms with Crippen LogP contribution in [0.3, 0.4) is 0 Å². The molecule has 0 N–H and O–H groups in total. The number of hydrogen-bond acceptors (Lipinski definition) is 5. The number of aromatic nitrogens is 4. The third kappa shape index (κ3) is 2.57. The molecule has 0 atom stereocenters. The van der Waals surface area contributed by atoms with Crippen LogP contribution in [0.5, 0.6) is 0 Å². The van der Waals surface area contributed by atoms with Crippen molar-refractivity contribution in [2.75, 3.05) is 13.1 Å². The number of fused-ring (bicyclic) bond motifs is 1. The van der Waals surface area contributed by atoms with Gasteiger partial charge in [0, 0.05) is 45.5 Å². The molecule has 4 heterocycles. The van der Waals surface area contributed by atoms with E-state index >= 15 is 0 Å². The van der Waals surface area contributed by atoms with E-state index in [9.17, 15) is 14.4 Å².